The van der Waals surface area contributed by atoms with Crippen LogP contribution < -0.4 is 5.32 Å². The number of alkyl carbamates (subject to hydrolysis) is 1. The smallest absolute Gasteiger partial charge is 0.407 e. The molecule has 28 heavy (non-hydrogen) atoms. The number of aromatic hydroxyl groups is 1. The summed E-state index contributed by atoms with van der Waals surface area (Å²) in [6.45, 7) is 7.34. The first-order valence-corrected chi connectivity index (χ1v) is 13.8. The molecule has 2 atom stereocenters. The Kier molecular flexibility index (Phi) is 6.45. The number of ether oxygens (including phenoxy) is 1. The monoisotopic (exact) mass is 397 g/mol. The van der Waals surface area contributed by atoms with Crippen LogP contribution in [0.25, 0.3) is 0 Å². The number of phenols is 1. The lowest BCUT2D eigenvalue weighted by Crippen LogP contribution is -2.42. The van der Waals surface area contributed by atoms with Gasteiger partial charge in [-0.15, -0.1) is 0 Å². The van der Waals surface area contributed by atoms with E-state index in [2.05, 4.69) is 31.0 Å². The maximum Gasteiger partial charge on any atom is 0.407 e. The maximum absolute atomic E-state index is 12.4. The van der Waals surface area contributed by atoms with Gasteiger partial charge < -0.3 is 15.2 Å². The van der Waals surface area contributed by atoms with E-state index in [1.54, 1.807) is 6.07 Å². The quantitative estimate of drug-likeness (QED) is 0.638. The van der Waals surface area contributed by atoms with Crippen molar-refractivity contribution in [3.05, 3.63) is 65.2 Å². The van der Waals surface area contributed by atoms with Gasteiger partial charge in [0, 0.05) is 25.6 Å². The molecule has 5 heteroatoms. The van der Waals surface area contributed by atoms with Crippen LogP contribution in [0.2, 0.25) is 25.7 Å². The molecule has 2 aromatic carbocycles. The lowest BCUT2D eigenvalue weighted by Gasteiger charge is -2.35. The van der Waals surface area contributed by atoms with Crippen LogP contribution in [0.1, 0.15) is 35.4 Å². The highest BCUT2D eigenvalue weighted by atomic mass is 28.3. The molecule has 0 radical (unpaired) electrons. The van der Waals surface area contributed by atoms with Gasteiger partial charge >= 0.3 is 6.09 Å². The van der Waals surface area contributed by atoms with E-state index >= 15 is 0 Å². The fourth-order valence-corrected chi connectivity index (χ4v) is 5.16. The van der Waals surface area contributed by atoms with Crippen LogP contribution in [-0.4, -0.2) is 25.3 Å². The van der Waals surface area contributed by atoms with E-state index in [0.717, 1.165) is 36.4 Å². The highest BCUT2D eigenvalue weighted by molar-refractivity contribution is 6.76. The third-order valence-electron chi connectivity index (χ3n) is 5.48. The summed E-state index contributed by atoms with van der Waals surface area (Å²) in [7, 11) is -1.23. The number of hydrogen-bond acceptors (Lipinski definition) is 3. The molecular weight excluding hydrogens is 366 g/mol. The SMILES string of the molecule is C[Si](C)(C)CC[C@H]1c2c(O)cccc2CCC1NC(=O)OCc1ccccc1. The number of aryl methyl sites for hydroxylation is 1. The van der Waals surface area contributed by atoms with E-state index in [1.807, 2.05) is 36.4 Å². The highest BCUT2D eigenvalue weighted by Crippen LogP contribution is 2.41. The molecule has 0 spiro atoms. The zero-order valence-corrected chi connectivity index (χ0v) is 18.1. The zero-order valence-electron chi connectivity index (χ0n) is 17.1. The van der Waals surface area contributed by atoms with Crippen molar-refractivity contribution in [2.24, 2.45) is 0 Å². The van der Waals surface area contributed by atoms with Gasteiger partial charge in [0.05, 0.1) is 0 Å². The van der Waals surface area contributed by atoms with Gasteiger partial charge in [-0.2, -0.15) is 0 Å². The van der Waals surface area contributed by atoms with Gasteiger partial charge in [0.15, 0.2) is 0 Å². The fourth-order valence-electron chi connectivity index (χ4n) is 3.98. The number of hydrogen-bond donors (Lipinski definition) is 2. The topological polar surface area (TPSA) is 58.6 Å². The predicted molar refractivity (Wildman–Crippen MR) is 115 cm³/mol. The summed E-state index contributed by atoms with van der Waals surface area (Å²) in [5.41, 5.74) is 3.19. The average molecular weight is 398 g/mol. The van der Waals surface area contributed by atoms with Gasteiger partial charge in [-0.1, -0.05) is 68.1 Å². The van der Waals surface area contributed by atoms with Crippen LogP contribution in [0, 0.1) is 0 Å². The van der Waals surface area contributed by atoms with Crippen LogP contribution in [0.5, 0.6) is 5.75 Å². The van der Waals surface area contributed by atoms with Crippen molar-refractivity contribution in [1.82, 2.24) is 5.32 Å². The Labute approximate surface area is 168 Å². The summed E-state index contributed by atoms with van der Waals surface area (Å²) in [5.74, 6) is 0.475. The van der Waals surface area contributed by atoms with E-state index in [4.69, 9.17) is 4.74 Å². The molecule has 1 unspecified atom stereocenters. The largest absolute Gasteiger partial charge is 0.508 e. The number of rotatable bonds is 6. The van der Waals surface area contributed by atoms with Crippen molar-refractivity contribution in [3.8, 4) is 5.75 Å². The zero-order chi connectivity index (χ0) is 20.1. The predicted octanol–water partition coefficient (Wildman–Crippen LogP) is 5.45. The first-order valence-electron chi connectivity index (χ1n) is 10.1. The molecule has 0 saturated heterocycles. The number of phenolic OH excluding ortho intramolecular Hbond substituents is 1. The molecule has 4 nitrogen and oxygen atoms in total. The van der Waals surface area contributed by atoms with Crippen LogP contribution in [0.15, 0.2) is 48.5 Å². The molecule has 1 aliphatic rings. The minimum Gasteiger partial charge on any atom is -0.508 e. The van der Waals surface area contributed by atoms with E-state index in [0.29, 0.717) is 5.75 Å². The van der Waals surface area contributed by atoms with Crippen molar-refractivity contribution in [1.29, 1.82) is 0 Å². The summed E-state index contributed by atoms with van der Waals surface area (Å²) in [6, 6.07) is 16.6. The number of benzene rings is 2. The molecule has 1 amide bonds. The van der Waals surface area contributed by atoms with Gasteiger partial charge in [0.25, 0.3) is 0 Å². The molecule has 0 fully saturated rings. The van der Waals surface area contributed by atoms with Crippen LogP contribution >= 0.6 is 0 Å². The molecule has 0 aromatic heterocycles. The van der Waals surface area contributed by atoms with E-state index in [1.165, 1.54) is 5.56 Å². The van der Waals surface area contributed by atoms with Crippen molar-refractivity contribution in [2.45, 2.75) is 63.5 Å². The number of nitrogens with one attached hydrogen (secondary N) is 1. The molecule has 2 aromatic rings. The Morgan fingerprint density at radius 2 is 1.89 bits per heavy atom. The number of carbonyl (C=O) groups is 1. The average Bonchev–Trinajstić information content (AvgIpc) is 2.66. The van der Waals surface area contributed by atoms with Gasteiger partial charge in [-0.25, -0.2) is 4.79 Å². The van der Waals surface area contributed by atoms with Crippen molar-refractivity contribution in [3.63, 3.8) is 0 Å². The Hall–Kier alpha value is -2.27. The normalized spacial score (nSPS) is 19.0. The molecule has 150 valence electrons. The highest BCUT2D eigenvalue weighted by Gasteiger charge is 2.33. The third-order valence-corrected chi connectivity index (χ3v) is 7.26. The summed E-state index contributed by atoms with van der Waals surface area (Å²) in [6.07, 6.45) is 2.32. The summed E-state index contributed by atoms with van der Waals surface area (Å²) in [4.78, 5) is 12.4. The van der Waals surface area contributed by atoms with Crippen molar-refractivity contribution < 1.29 is 14.6 Å². The summed E-state index contributed by atoms with van der Waals surface area (Å²) >= 11 is 0. The van der Waals surface area contributed by atoms with Crippen LogP contribution in [0.4, 0.5) is 4.79 Å². The first kappa shape index (κ1) is 20.5. The Balaban J connectivity index is 1.71. The Bertz CT molecular complexity index is 801. The number of fused-ring (bicyclic) bond motifs is 1. The second kappa shape index (κ2) is 8.82. The second-order valence-corrected chi connectivity index (χ2v) is 14.5. The van der Waals surface area contributed by atoms with Crippen molar-refractivity contribution in [2.75, 3.05) is 0 Å². The standard InChI is InChI=1S/C23H31NO3Si/c1-28(2,3)15-14-19-20(13-12-18-10-7-11-21(25)22(18)19)24-23(26)27-16-17-8-5-4-6-9-17/h4-11,19-20,25H,12-16H2,1-3H3,(H,24,26)/t19-,20?/m1/s1. The van der Waals surface area contributed by atoms with Gasteiger partial charge in [0.2, 0.25) is 0 Å². The maximum atomic E-state index is 12.4. The summed E-state index contributed by atoms with van der Waals surface area (Å²) in [5, 5.41) is 13.6. The number of carbonyl (C=O) groups excluding carboxylic acids is 1. The van der Waals surface area contributed by atoms with Crippen molar-refractivity contribution >= 4 is 14.2 Å². The van der Waals surface area contributed by atoms with Gasteiger partial charge in [-0.3, -0.25) is 0 Å². The van der Waals surface area contributed by atoms with Gasteiger partial charge in [-0.05, 0) is 36.5 Å². The Morgan fingerprint density at radius 3 is 2.61 bits per heavy atom. The van der Waals surface area contributed by atoms with Crippen LogP contribution in [0.3, 0.4) is 0 Å². The molecule has 3 rings (SSSR count). The lowest BCUT2D eigenvalue weighted by molar-refractivity contribution is 0.132. The number of amides is 1. The lowest BCUT2D eigenvalue weighted by atomic mass is 9.77. The van der Waals surface area contributed by atoms with Crippen LogP contribution in [-0.2, 0) is 17.8 Å². The molecule has 0 bridgehead atoms. The van der Waals surface area contributed by atoms with E-state index in [-0.39, 0.29) is 24.7 Å². The minimum absolute atomic E-state index is 0.0135. The molecule has 2 N–H and O–H groups in total. The minimum atomic E-state index is -1.23. The molecule has 0 heterocycles. The summed E-state index contributed by atoms with van der Waals surface area (Å²) < 4.78 is 5.44. The fraction of sp³-hybridized carbons (Fsp3) is 0.435. The third kappa shape index (κ3) is 5.38. The van der Waals surface area contributed by atoms with E-state index < -0.39 is 8.07 Å². The molecular formula is C23H31NO3Si. The molecule has 1 aliphatic carbocycles. The van der Waals surface area contributed by atoms with Gasteiger partial charge in [0.1, 0.15) is 12.4 Å². The Morgan fingerprint density at radius 1 is 1.14 bits per heavy atom. The molecule has 0 saturated carbocycles. The first-order chi connectivity index (χ1) is 13.3. The molecule has 0 aliphatic heterocycles. The van der Waals surface area contributed by atoms with E-state index in [9.17, 15) is 9.90 Å². The second-order valence-electron chi connectivity index (χ2n) is 8.91.